The molecule has 1 amide bonds. The molecule has 0 radical (unpaired) electrons. The zero-order valence-corrected chi connectivity index (χ0v) is 10.5. The first-order valence-electron chi connectivity index (χ1n) is 5.81. The van der Waals surface area contributed by atoms with Crippen LogP contribution in [0, 0.1) is 0 Å². The van der Waals surface area contributed by atoms with Gasteiger partial charge in [0.05, 0.1) is 5.54 Å². The smallest absolute Gasteiger partial charge is 0.241 e. The Balaban J connectivity index is 0.00000144. The number of nitrogens with two attached hydrogens (primary N) is 1. The SMILES string of the molecule is Cl.NC1(C(=O)NC2(N=C=O)CC2)CCCCC1. The second-order valence-electron chi connectivity index (χ2n) is 4.91. The number of carbonyl (C=O) groups excluding carboxylic acids is 2. The summed E-state index contributed by atoms with van der Waals surface area (Å²) in [7, 11) is 0. The molecule has 0 saturated heterocycles. The molecule has 5 nitrogen and oxygen atoms in total. The van der Waals surface area contributed by atoms with Crippen LogP contribution in [-0.2, 0) is 9.59 Å². The molecule has 0 aromatic rings. The van der Waals surface area contributed by atoms with Crippen LogP contribution >= 0.6 is 12.4 Å². The number of nitrogens with one attached hydrogen (secondary N) is 1. The van der Waals surface area contributed by atoms with Crippen molar-refractivity contribution in [2.24, 2.45) is 10.7 Å². The molecule has 0 atom stereocenters. The molecule has 2 saturated carbocycles. The largest absolute Gasteiger partial charge is 0.329 e. The van der Waals surface area contributed by atoms with E-state index in [1.165, 1.54) is 6.08 Å². The summed E-state index contributed by atoms with van der Waals surface area (Å²) < 4.78 is 0. The van der Waals surface area contributed by atoms with E-state index in [2.05, 4.69) is 10.3 Å². The Bertz CT molecular complexity index is 343. The van der Waals surface area contributed by atoms with Crippen LogP contribution < -0.4 is 11.1 Å². The van der Waals surface area contributed by atoms with Crippen LogP contribution in [0.4, 0.5) is 0 Å². The predicted octanol–water partition coefficient (Wildman–Crippen LogP) is 1.01. The first kappa shape index (κ1) is 14.2. The van der Waals surface area contributed by atoms with E-state index in [1.54, 1.807) is 0 Å². The van der Waals surface area contributed by atoms with Gasteiger partial charge in [-0.15, -0.1) is 12.4 Å². The van der Waals surface area contributed by atoms with Gasteiger partial charge in [-0.1, -0.05) is 19.3 Å². The van der Waals surface area contributed by atoms with E-state index in [0.29, 0.717) is 12.8 Å². The molecule has 0 bridgehead atoms. The third-order valence-electron chi connectivity index (χ3n) is 3.53. The summed E-state index contributed by atoms with van der Waals surface area (Å²) in [5.41, 5.74) is 4.65. The Labute approximate surface area is 107 Å². The lowest BCUT2D eigenvalue weighted by atomic mass is 9.82. The Morgan fingerprint density at radius 3 is 2.24 bits per heavy atom. The summed E-state index contributed by atoms with van der Waals surface area (Å²) in [6.07, 6.45) is 7.51. The molecule has 17 heavy (non-hydrogen) atoms. The molecule has 0 aliphatic heterocycles. The fraction of sp³-hybridized carbons (Fsp3) is 0.818. The van der Waals surface area contributed by atoms with E-state index >= 15 is 0 Å². The van der Waals surface area contributed by atoms with Crippen LogP contribution in [-0.4, -0.2) is 23.2 Å². The minimum atomic E-state index is -0.758. The maximum absolute atomic E-state index is 12.0. The number of halogens is 1. The summed E-state index contributed by atoms with van der Waals surface area (Å²) >= 11 is 0. The van der Waals surface area contributed by atoms with Crippen molar-refractivity contribution in [1.29, 1.82) is 0 Å². The second kappa shape index (κ2) is 5.17. The highest BCUT2D eigenvalue weighted by Crippen LogP contribution is 2.37. The number of hydrogen-bond acceptors (Lipinski definition) is 4. The van der Waals surface area contributed by atoms with Gasteiger partial charge in [0.15, 0.2) is 0 Å². The molecule has 3 N–H and O–H groups in total. The molecule has 2 rings (SSSR count). The Hall–Kier alpha value is -0.900. The molecule has 0 aromatic heterocycles. The normalized spacial score (nSPS) is 23.8. The molecule has 0 heterocycles. The molecule has 96 valence electrons. The van der Waals surface area contributed by atoms with Crippen LogP contribution in [0.2, 0.25) is 0 Å². The summed E-state index contributed by atoms with van der Waals surface area (Å²) in [6, 6.07) is 0. The second-order valence-corrected chi connectivity index (χ2v) is 4.91. The number of amides is 1. The zero-order chi connectivity index (χ0) is 11.6. The van der Waals surface area contributed by atoms with Crippen molar-refractivity contribution in [1.82, 2.24) is 5.32 Å². The van der Waals surface area contributed by atoms with Gasteiger partial charge in [-0.05, 0) is 25.7 Å². The lowest BCUT2D eigenvalue weighted by Crippen LogP contribution is -2.57. The number of isocyanates is 1. The third kappa shape index (κ3) is 3.06. The minimum absolute atomic E-state index is 0. The minimum Gasteiger partial charge on any atom is -0.329 e. The van der Waals surface area contributed by atoms with Crippen LogP contribution in [0.25, 0.3) is 0 Å². The van der Waals surface area contributed by atoms with Crippen molar-refractivity contribution in [2.45, 2.75) is 56.1 Å². The Morgan fingerprint density at radius 1 is 1.18 bits per heavy atom. The van der Waals surface area contributed by atoms with Crippen molar-refractivity contribution < 1.29 is 9.59 Å². The Morgan fingerprint density at radius 2 is 1.76 bits per heavy atom. The summed E-state index contributed by atoms with van der Waals surface area (Å²) in [5.74, 6) is -0.163. The number of carbonyl (C=O) groups is 1. The van der Waals surface area contributed by atoms with Crippen molar-refractivity contribution in [3.63, 3.8) is 0 Å². The van der Waals surface area contributed by atoms with Gasteiger partial charge in [0.1, 0.15) is 5.66 Å². The summed E-state index contributed by atoms with van der Waals surface area (Å²) in [5, 5.41) is 2.79. The monoisotopic (exact) mass is 259 g/mol. The highest BCUT2D eigenvalue weighted by molar-refractivity contribution is 5.87. The first-order valence-corrected chi connectivity index (χ1v) is 5.81. The molecule has 0 aromatic carbocycles. The van der Waals surface area contributed by atoms with Crippen LogP contribution in [0.1, 0.15) is 44.9 Å². The molecule has 2 aliphatic carbocycles. The number of rotatable bonds is 3. The molecular formula is C11H18ClN3O2. The van der Waals surface area contributed by atoms with Gasteiger partial charge in [-0.3, -0.25) is 4.79 Å². The molecule has 2 fully saturated rings. The van der Waals surface area contributed by atoms with E-state index in [1.807, 2.05) is 0 Å². The Kier molecular flexibility index (Phi) is 4.31. The van der Waals surface area contributed by atoms with Gasteiger partial charge in [0.2, 0.25) is 12.0 Å². The van der Waals surface area contributed by atoms with Crippen LogP contribution in [0.3, 0.4) is 0 Å². The van der Waals surface area contributed by atoms with E-state index in [-0.39, 0.29) is 18.3 Å². The highest BCUT2D eigenvalue weighted by Gasteiger charge is 2.48. The lowest BCUT2D eigenvalue weighted by Gasteiger charge is -2.32. The van der Waals surface area contributed by atoms with Crippen molar-refractivity contribution >= 4 is 24.4 Å². The topological polar surface area (TPSA) is 84.6 Å². The van der Waals surface area contributed by atoms with E-state index in [4.69, 9.17) is 5.73 Å². The van der Waals surface area contributed by atoms with Gasteiger partial charge in [0, 0.05) is 0 Å². The molecule has 0 unspecified atom stereocenters. The van der Waals surface area contributed by atoms with Gasteiger partial charge < -0.3 is 11.1 Å². The number of aliphatic imine (C=N–C) groups is 1. The third-order valence-corrected chi connectivity index (χ3v) is 3.53. The average molecular weight is 260 g/mol. The summed E-state index contributed by atoms with van der Waals surface area (Å²) in [4.78, 5) is 25.9. The van der Waals surface area contributed by atoms with Crippen molar-refractivity contribution in [3.8, 4) is 0 Å². The van der Waals surface area contributed by atoms with Gasteiger partial charge in [0.25, 0.3) is 0 Å². The molecule has 2 aliphatic rings. The summed E-state index contributed by atoms with van der Waals surface area (Å²) in [6.45, 7) is 0. The fourth-order valence-corrected chi connectivity index (χ4v) is 2.22. The van der Waals surface area contributed by atoms with E-state index in [9.17, 15) is 9.59 Å². The van der Waals surface area contributed by atoms with Gasteiger partial charge in [-0.2, -0.15) is 4.99 Å². The predicted molar refractivity (Wildman–Crippen MR) is 65.5 cm³/mol. The number of nitrogens with zero attached hydrogens (tertiary/aromatic N) is 1. The molecular weight excluding hydrogens is 242 g/mol. The van der Waals surface area contributed by atoms with E-state index in [0.717, 1.165) is 32.1 Å². The van der Waals surface area contributed by atoms with E-state index < -0.39 is 11.2 Å². The van der Waals surface area contributed by atoms with Crippen molar-refractivity contribution in [3.05, 3.63) is 0 Å². The zero-order valence-electron chi connectivity index (χ0n) is 9.70. The van der Waals surface area contributed by atoms with Gasteiger partial charge in [-0.25, -0.2) is 4.79 Å². The fourth-order valence-electron chi connectivity index (χ4n) is 2.22. The maximum Gasteiger partial charge on any atom is 0.241 e. The maximum atomic E-state index is 12.0. The highest BCUT2D eigenvalue weighted by atomic mass is 35.5. The van der Waals surface area contributed by atoms with Crippen molar-refractivity contribution in [2.75, 3.05) is 0 Å². The molecule has 0 spiro atoms. The first-order chi connectivity index (χ1) is 7.60. The standard InChI is InChI=1S/C11H17N3O2.ClH/c12-10(4-2-1-3-5-10)9(16)14-11(6-7-11)13-8-15;/h1-7,12H2,(H,14,16);1H. The molecule has 6 heteroatoms. The van der Waals surface area contributed by atoms with Crippen LogP contribution in [0.15, 0.2) is 4.99 Å². The number of hydrogen-bond donors (Lipinski definition) is 2. The lowest BCUT2D eigenvalue weighted by molar-refractivity contribution is -0.128. The average Bonchev–Trinajstić information content (AvgIpc) is 2.99. The quantitative estimate of drug-likeness (QED) is 0.586. The van der Waals surface area contributed by atoms with Gasteiger partial charge >= 0.3 is 0 Å². The van der Waals surface area contributed by atoms with Crippen LogP contribution in [0.5, 0.6) is 0 Å².